The molecule has 0 aliphatic rings. The Morgan fingerprint density at radius 2 is 2.07 bits per heavy atom. The number of phenolic OH excluding ortho intramolecular Hbond substituents is 1. The number of hydrogen-bond donors (Lipinski definition) is 2. The van der Waals surface area contributed by atoms with Crippen LogP contribution in [0.4, 0.5) is 5.69 Å². The summed E-state index contributed by atoms with van der Waals surface area (Å²) in [7, 11) is 0. The van der Waals surface area contributed by atoms with E-state index in [9.17, 15) is 5.11 Å². The number of phenols is 1. The van der Waals surface area contributed by atoms with Gasteiger partial charge in [0.25, 0.3) is 0 Å². The molecule has 3 N–H and O–H groups in total. The van der Waals surface area contributed by atoms with Crippen LogP contribution in [0, 0.1) is 0 Å². The van der Waals surface area contributed by atoms with Crippen LogP contribution in [0.2, 0.25) is 0 Å². The molecule has 1 rings (SSSR count). The molecule has 1 aromatic carbocycles. The Morgan fingerprint density at radius 1 is 1.33 bits per heavy atom. The van der Waals surface area contributed by atoms with Gasteiger partial charge in [-0.3, -0.25) is 4.90 Å². The summed E-state index contributed by atoms with van der Waals surface area (Å²) in [5.41, 5.74) is 7.25. The lowest BCUT2D eigenvalue weighted by Gasteiger charge is -2.19. The molecule has 0 spiro atoms. The largest absolute Gasteiger partial charge is 0.506 e. The minimum Gasteiger partial charge on any atom is -0.506 e. The molecule has 84 valence electrons. The fourth-order valence-corrected chi connectivity index (χ4v) is 1.63. The van der Waals surface area contributed by atoms with E-state index >= 15 is 0 Å². The summed E-state index contributed by atoms with van der Waals surface area (Å²) in [5, 5.41) is 9.30. The number of rotatable bonds is 5. The van der Waals surface area contributed by atoms with Crippen LogP contribution in [0.3, 0.4) is 0 Å². The van der Waals surface area contributed by atoms with Crippen LogP contribution >= 0.6 is 0 Å². The Kier molecular flexibility index (Phi) is 4.43. The van der Waals surface area contributed by atoms with Gasteiger partial charge in [-0.2, -0.15) is 0 Å². The van der Waals surface area contributed by atoms with E-state index in [1.54, 1.807) is 6.07 Å². The van der Waals surface area contributed by atoms with Gasteiger partial charge in [-0.05, 0) is 37.2 Å². The second-order valence-corrected chi connectivity index (χ2v) is 3.76. The van der Waals surface area contributed by atoms with Crippen molar-refractivity contribution in [2.45, 2.75) is 26.8 Å². The van der Waals surface area contributed by atoms with E-state index in [0.717, 1.165) is 31.6 Å². The van der Waals surface area contributed by atoms with Crippen LogP contribution in [0.15, 0.2) is 18.2 Å². The lowest BCUT2D eigenvalue weighted by molar-refractivity contribution is 0.280. The second-order valence-electron chi connectivity index (χ2n) is 3.76. The van der Waals surface area contributed by atoms with E-state index in [1.807, 2.05) is 12.1 Å². The van der Waals surface area contributed by atoms with Crippen molar-refractivity contribution in [2.24, 2.45) is 0 Å². The topological polar surface area (TPSA) is 49.5 Å². The third-order valence-corrected chi connectivity index (χ3v) is 2.49. The van der Waals surface area contributed by atoms with Gasteiger partial charge in [0.2, 0.25) is 0 Å². The number of anilines is 1. The van der Waals surface area contributed by atoms with Gasteiger partial charge in [0.15, 0.2) is 0 Å². The molecule has 3 heteroatoms. The Morgan fingerprint density at radius 3 is 2.60 bits per heavy atom. The molecular formula is C12H20N2O. The molecule has 0 aliphatic heterocycles. The Bertz CT molecular complexity index is 312. The number of hydrogen-bond acceptors (Lipinski definition) is 3. The van der Waals surface area contributed by atoms with Crippen molar-refractivity contribution in [3.63, 3.8) is 0 Å². The molecular weight excluding hydrogens is 188 g/mol. The average molecular weight is 208 g/mol. The molecule has 0 bridgehead atoms. The van der Waals surface area contributed by atoms with Crippen molar-refractivity contribution in [3.8, 4) is 5.75 Å². The minimum atomic E-state index is 0.164. The first-order valence-corrected chi connectivity index (χ1v) is 5.47. The maximum atomic E-state index is 9.30. The molecule has 0 aliphatic carbocycles. The lowest BCUT2D eigenvalue weighted by Crippen LogP contribution is -2.23. The van der Waals surface area contributed by atoms with Crippen molar-refractivity contribution in [1.82, 2.24) is 4.90 Å². The van der Waals surface area contributed by atoms with Crippen LogP contribution in [0.1, 0.15) is 25.8 Å². The summed E-state index contributed by atoms with van der Waals surface area (Å²) in [4.78, 5) is 2.35. The van der Waals surface area contributed by atoms with Gasteiger partial charge in [-0.25, -0.2) is 0 Å². The van der Waals surface area contributed by atoms with Crippen LogP contribution in [-0.4, -0.2) is 23.1 Å². The average Bonchev–Trinajstić information content (AvgIpc) is 2.23. The molecule has 15 heavy (non-hydrogen) atoms. The van der Waals surface area contributed by atoms with Crippen LogP contribution < -0.4 is 5.73 Å². The van der Waals surface area contributed by atoms with E-state index in [4.69, 9.17) is 5.73 Å². The first-order chi connectivity index (χ1) is 7.17. The van der Waals surface area contributed by atoms with Crippen molar-refractivity contribution in [2.75, 3.05) is 18.8 Å². The highest BCUT2D eigenvalue weighted by Gasteiger charge is 2.04. The van der Waals surface area contributed by atoms with E-state index in [2.05, 4.69) is 18.7 Å². The summed E-state index contributed by atoms with van der Waals surface area (Å²) in [6.45, 7) is 7.36. The number of nitrogen functional groups attached to an aromatic ring is 1. The van der Waals surface area contributed by atoms with Gasteiger partial charge in [-0.1, -0.05) is 19.9 Å². The lowest BCUT2D eigenvalue weighted by atomic mass is 10.1. The van der Waals surface area contributed by atoms with E-state index in [1.165, 1.54) is 0 Å². The van der Waals surface area contributed by atoms with E-state index in [-0.39, 0.29) is 5.75 Å². The summed E-state index contributed by atoms with van der Waals surface area (Å²) < 4.78 is 0. The van der Waals surface area contributed by atoms with Crippen LogP contribution in [-0.2, 0) is 6.54 Å². The monoisotopic (exact) mass is 208 g/mol. The predicted octanol–water partition coefficient (Wildman–Crippen LogP) is 2.21. The fraction of sp³-hybridized carbons (Fsp3) is 0.500. The van der Waals surface area contributed by atoms with E-state index < -0.39 is 0 Å². The van der Waals surface area contributed by atoms with Crippen molar-refractivity contribution < 1.29 is 5.11 Å². The Labute approximate surface area is 91.5 Å². The maximum Gasteiger partial charge on any atom is 0.138 e. The second kappa shape index (κ2) is 5.61. The number of nitrogens with two attached hydrogens (primary N) is 1. The smallest absolute Gasteiger partial charge is 0.138 e. The fourth-order valence-electron chi connectivity index (χ4n) is 1.63. The normalized spacial score (nSPS) is 10.9. The Balaban J connectivity index is 2.66. The van der Waals surface area contributed by atoms with Gasteiger partial charge in [-0.15, -0.1) is 0 Å². The molecule has 0 unspecified atom stereocenters. The van der Waals surface area contributed by atoms with Crippen LogP contribution in [0.5, 0.6) is 5.75 Å². The summed E-state index contributed by atoms with van der Waals surface area (Å²) in [6.07, 6.45) is 1.15. The summed E-state index contributed by atoms with van der Waals surface area (Å²) in [5.74, 6) is 0.164. The zero-order valence-corrected chi connectivity index (χ0v) is 9.53. The summed E-state index contributed by atoms with van der Waals surface area (Å²) in [6, 6.07) is 5.42. The minimum absolute atomic E-state index is 0.164. The van der Waals surface area contributed by atoms with Crippen molar-refractivity contribution in [1.29, 1.82) is 0 Å². The van der Waals surface area contributed by atoms with Gasteiger partial charge in [0, 0.05) is 6.54 Å². The molecule has 1 aromatic rings. The quantitative estimate of drug-likeness (QED) is 0.576. The van der Waals surface area contributed by atoms with Gasteiger partial charge >= 0.3 is 0 Å². The van der Waals surface area contributed by atoms with Crippen molar-refractivity contribution >= 4 is 5.69 Å². The van der Waals surface area contributed by atoms with E-state index in [0.29, 0.717) is 5.69 Å². The van der Waals surface area contributed by atoms with Gasteiger partial charge in [0.05, 0.1) is 5.69 Å². The molecule has 0 radical (unpaired) electrons. The molecule has 0 atom stereocenters. The first kappa shape index (κ1) is 11.9. The highest BCUT2D eigenvalue weighted by Crippen LogP contribution is 2.21. The predicted molar refractivity (Wildman–Crippen MR) is 63.8 cm³/mol. The van der Waals surface area contributed by atoms with Crippen LogP contribution in [0.25, 0.3) is 0 Å². The highest BCUT2D eigenvalue weighted by atomic mass is 16.3. The molecule has 0 saturated carbocycles. The zero-order chi connectivity index (χ0) is 11.3. The van der Waals surface area contributed by atoms with Crippen molar-refractivity contribution in [3.05, 3.63) is 23.8 Å². The number of nitrogens with zero attached hydrogens (tertiary/aromatic N) is 1. The molecule has 0 saturated heterocycles. The summed E-state index contributed by atoms with van der Waals surface area (Å²) >= 11 is 0. The molecule has 0 fully saturated rings. The first-order valence-electron chi connectivity index (χ1n) is 5.47. The number of benzene rings is 1. The van der Waals surface area contributed by atoms with Gasteiger partial charge in [0.1, 0.15) is 5.75 Å². The third-order valence-electron chi connectivity index (χ3n) is 2.49. The highest BCUT2D eigenvalue weighted by molar-refractivity contribution is 5.53. The molecule has 0 amide bonds. The Hall–Kier alpha value is -1.22. The SMILES string of the molecule is CCCN(CC)Cc1ccc(O)c(N)c1. The number of aromatic hydroxyl groups is 1. The zero-order valence-electron chi connectivity index (χ0n) is 9.53. The standard InChI is InChI=1S/C12H20N2O/c1-3-7-14(4-2)9-10-5-6-12(15)11(13)8-10/h5-6,8,15H,3-4,7,9,13H2,1-2H3. The molecule has 0 aromatic heterocycles. The van der Waals surface area contributed by atoms with Gasteiger partial charge < -0.3 is 10.8 Å². The third kappa shape index (κ3) is 3.44. The molecule has 0 heterocycles. The maximum absolute atomic E-state index is 9.30. The molecule has 3 nitrogen and oxygen atoms in total.